The topological polar surface area (TPSA) is 117 Å². The summed E-state index contributed by atoms with van der Waals surface area (Å²) >= 11 is 0. The average Bonchev–Trinajstić information content (AvgIpc) is 3.06. The van der Waals surface area contributed by atoms with Crippen molar-refractivity contribution < 1.29 is 28.9 Å². The third-order valence-electron chi connectivity index (χ3n) is 3.70. The molecule has 27 heavy (non-hydrogen) atoms. The van der Waals surface area contributed by atoms with Crippen LogP contribution in [-0.2, 0) is 0 Å². The molecule has 0 amide bonds. The molecule has 3 aromatic rings. The summed E-state index contributed by atoms with van der Waals surface area (Å²) in [6, 6.07) is 11.6. The van der Waals surface area contributed by atoms with Crippen molar-refractivity contribution in [2.45, 2.75) is 0 Å². The van der Waals surface area contributed by atoms with Crippen LogP contribution in [-0.4, -0.2) is 36.5 Å². The van der Waals surface area contributed by atoms with Gasteiger partial charge in [0.1, 0.15) is 11.6 Å². The van der Waals surface area contributed by atoms with Crippen molar-refractivity contribution >= 4 is 17.9 Å². The maximum atomic E-state index is 12.0. The molecule has 3 rings (SSSR count). The van der Waals surface area contributed by atoms with Gasteiger partial charge in [-0.1, -0.05) is 30.3 Å². The van der Waals surface area contributed by atoms with Gasteiger partial charge in [0.15, 0.2) is 11.5 Å². The summed E-state index contributed by atoms with van der Waals surface area (Å²) in [5, 5.41) is 21.4. The summed E-state index contributed by atoms with van der Waals surface area (Å²) in [6.45, 7) is 0. The molecule has 1 N–H and O–H groups in total. The molecule has 0 fully saturated rings. The number of hydrogen-bond acceptors (Lipinski definition) is 7. The lowest BCUT2D eigenvalue weighted by molar-refractivity contribution is -0.293. The first-order valence-corrected chi connectivity index (χ1v) is 7.80. The van der Waals surface area contributed by atoms with Gasteiger partial charge in [-0.3, -0.25) is 4.99 Å². The number of aromatic carboxylic acids is 1. The lowest BCUT2D eigenvalue weighted by Gasteiger charge is -2.10. The van der Waals surface area contributed by atoms with Gasteiger partial charge >= 0.3 is 5.97 Å². The first-order chi connectivity index (χ1) is 13.0. The second-order valence-corrected chi connectivity index (χ2v) is 5.35. The Labute approximate surface area is 154 Å². The number of carboxylic acid groups (broad SMARTS) is 1. The van der Waals surface area contributed by atoms with E-state index in [1.54, 1.807) is 24.3 Å². The molecule has 0 aliphatic carbocycles. The predicted molar refractivity (Wildman–Crippen MR) is 95.1 cm³/mol. The molecule has 0 unspecified atom stereocenters. The van der Waals surface area contributed by atoms with Gasteiger partial charge in [0.2, 0.25) is 0 Å². The summed E-state index contributed by atoms with van der Waals surface area (Å²) in [5.74, 6) is -1.15. The molecular formula is C19H15N2O6-. The van der Waals surface area contributed by atoms with Crippen molar-refractivity contribution in [1.29, 1.82) is 0 Å². The molecule has 0 saturated carbocycles. The van der Waals surface area contributed by atoms with E-state index in [0.29, 0.717) is 11.3 Å². The highest BCUT2D eigenvalue weighted by Crippen LogP contribution is 2.35. The highest BCUT2D eigenvalue weighted by atomic mass is 16.5. The van der Waals surface area contributed by atoms with E-state index in [2.05, 4.69) is 9.98 Å². The van der Waals surface area contributed by atoms with E-state index in [-0.39, 0.29) is 28.6 Å². The monoisotopic (exact) mass is 367 g/mol. The van der Waals surface area contributed by atoms with Crippen LogP contribution in [0.25, 0.3) is 11.5 Å². The number of ether oxygens (including phenoxy) is 2. The van der Waals surface area contributed by atoms with Crippen molar-refractivity contribution in [3.05, 3.63) is 53.7 Å². The number of aliphatic imine (C=N–C) groups is 1. The molecule has 1 heterocycles. The van der Waals surface area contributed by atoms with Crippen LogP contribution >= 0.6 is 0 Å². The summed E-state index contributed by atoms with van der Waals surface area (Å²) < 4.78 is 15.4. The third-order valence-corrected chi connectivity index (χ3v) is 3.70. The van der Waals surface area contributed by atoms with Crippen molar-refractivity contribution in [3.8, 4) is 28.9 Å². The zero-order valence-electron chi connectivity index (χ0n) is 14.5. The Morgan fingerprint density at radius 3 is 2.48 bits per heavy atom. The molecule has 8 heteroatoms. The highest BCUT2D eigenvalue weighted by Gasteiger charge is 2.16. The summed E-state index contributed by atoms with van der Waals surface area (Å²) in [4.78, 5) is 19.7. The number of methoxy groups -OCH3 is 2. The maximum Gasteiger partial charge on any atom is 0.338 e. The number of carboxylic acids is 1. The van der Waals surface area contributed by atoms with Crippen LogP contribution in [0, 0.1) is 0 Å². The molecule has 0 spiro atoms. The van der Waals surface area contributed by atoms with Crippen molar-refractivity contribution in [1.82, 2.24) is 4.98 Å². The molecule has 2 aromatic carbocycles. The molecule has 0 radical (unpaired) electrons. The molecule has 0 bridgehead atoms. The SMILES string of the molecule is COc1cc(N=Cc2nc(-c3ccccc3)oc2[O-])c(C(=O)O)cc1OC. The molecular weight excluding hydrogens is 352 g/mol. The normalized spacial score (nSPS) is 10.9. The largest absolute Gasteiger partial charge is 0.562 e. The van der Waals surface area contributed by atoms with Gasteiger partial charge in [-0.25, -0.2) is 9.78 Å². The van der Waals surface area contributed by atoms with Crippen LogP contribution in [0.5, 0.6) is 17.4 Å². The zero-order valence-corrected chi connectivity index (χ0v) is 14.5. The molecule has 1 aromatic heterocycles. The lowest BCUT2D eigenvalue weighted by Crippen LogP contribution is -2.00. The number of rotatable bonds is 6. The fourth-order valence-electron chi connectivity index (χ4n) is 2.38. The van der Waals surface area contributed by atoms with Crippen LogP contribution in [0.1, 0.15) is 16.1 Å². The van der Waals surface area contributed by atoms with E-state index in [0.717, 1.165) is 6.21 Å². The van der Waals surface area contributed by atoms with E-state index >= 15 is 0 Å². The fourth-order valence-corrected chi connectivity index (χ4v) is 2.38. The first-order valence-electron chi connectivity index (χ1n) is 7.80. The van der Waals surface area contributed by atoms with E-state index in [1.165, 1.54) is 26.4 Å². The predicted octanol–water partition coefficient (Wildman–Crippen LogP) is 2.88. The van der Waals surface area contributed by atoms with E-state index in [9.17, 15) is 15.0 Å². The Balaban J connectivity index is 1.99. The molecule has 0 aliphatic heterocycles. The molecule has 0 aliphatic rings. The first kappa shape index (κ1) is 18.0. The summed E-state index contributed by atoms with van der Waals surface area (Å²) in [6.07, 6.45) is 1.16. The minimum absolute atomic E-state index is 0.0417. The van der Waals surface area contributed by atoms with Crippen molar-refractivity contribution in [2.75, 3.05) is 14.2 Å². The lowest BCUT2D eigenvalue weighted by atomic mass is 10.1. The molecule has 8 nitrogen and oxygen atoms in total. The molecule has 0 atom stereocenters. The zero-order chi connectivity index (χ0) is 19.4. The quantitative estimate of drug-likeness (QED) is 0.666. The minimum atomic E-state index is -1.20. The van der Waals surface area contributed by atoms with Gasteiger partial charge in [-0.2, -0.15) is 0 Å². The summed E-state index contributed by atoms with van der Waals surface area (Å²) in [7, 11) is 2.82. The van der Waals surface area contributed by atoms with Crippen LogP contribution in [0.2, 0.25) is 0 Å². The van der Waals surface area contributed by atoms with E-state index in [1.807, 2.05) is 6.07 Å². The van der Waals surface area contributed by atoms with Gasteiger partial charge in [-0.15, -0.1) is 0 Å². The Kier molecular flexibility index (Phi) is 5.07. The minimum Gasteiger partial charge on any atom is -0.562 e. The Bertz CT molecular complexity index is 995. The number of carbonyl (C=O) groups is 1. The van der Waals surface area contributed by atoms with E-state index < -0.39 is 11.9 Å². The fraction of sp³-hybridized carbons (Fsp3) is 0.105. The number of nitrogens with zero attached hydrogens (tertiary/aromatic N) is 2. The standard InChI is InChI=1S/C19H16N2O6/c1-25-15-8-12(18(22)23)13(9-16(15)26-2)20-10-14-19(24)27-17(21-14)11-6-4-3-5-7-11/h3-10,24H,1-2H3,(H,22,23)/p-1. The highest BCUT2D eigenvalue weighted by molar-refractivity contribution is 5.96. The molecule has 0 saturated heterocycles. The van der Waals surface area contributed by atoms with Gasteiger partial charge in [0.05, 0.1) is 37.6 Å². The average molecular weight is 367 g/mol. The van der Waals surface area contributed by atoms with Gasteiger partial charge < -0.3 is 24.1 Å². The van der Waals surface area contributed by atoms with Crippen LogP contribution in [0.3, 0.4) is 0 Å². The Hall–Kier alpha value is -3.81. The van der Waals surface area contributed by atoms with Crippen molar-refractivity contribution in [3.63, 3.8) is 0 Å². The Morgan fingerprint density at radius 2 is 1.85 bits per heavy atom. The van der Waals surface area contributed by atoms with E-state index in [4.69, 9.17) is 13.9 Å². The van der Waals surface area contributed by atoms with Crippen LogP contribution in [0.4, 0.5) is 5.69 Å². The number of benzene rings is 2. The van der Waals surface area contributed by atoms with Gasteiger partial charge in [0.25, 0.3) is 0 Å². The number of hydrogen-bond donors (Lipinski definition) is 1. The second-order valence-electron chi connectivity index (χ2n) is 5.35. The molecule has 138 valence electrons. The van der Waals surface area contributed by atoms with Crippen LogP contribution < -0.4 is 14.6 Å². The van der Waals surface area contributed by atoms with Gasteiger partial charge in [-0.05, 0) is 0 Å². The number of oxazole rings is 1. The number of aromatic nitrogens is 1. The van der Waals surface area contributed by atoms with Crippen molar-refractivity contribution in [2.24, 2.45) is 4.99 Å². The maximum absolute atomic E-state index is 12.0. The third kappa shape index (κ3) is 3.74. The summed E-state index contributed by atoms with van der Waals surface area (Å²) in [5.41, 5.74) is 0.582. The smallest absolute Gasteiger partial charge is 0.338 e. The second kappa shape index (κ2) is 7.61. The van der Waals surface area contributed by atoms with Gasteiger partial charge in [0, 0.05) is 17.7 Å². The van der Waals surface area contributed by atoms with Crippen LogP contribution in [0.15, 0.2) is 51.9 Å². The Morgan fingerprint density at radius 1 is 1.19 bits per heavy atom.